The van der Waals surface area contributed by atoms with E-state index in [1.165, 1.54) is 0 Å². The average molecular weight is 315 g/mol. The van der Waals surface area contributed by atoms with Crippen LogP contribution in [0.4, 0.5) is 5.69 Å². The maximum Gasteiger partial charge on any atom is 0.254 e. The molecule has 3 aliphatic rings. The number of morpholine rings is 1. The number of nitrogens with zero attached hydrogens (tertiary/aromatic N) is 2. The summed E-state index contributed by atoms with van der Waals surface area (Å²) < 4.78 is 5.30. The van der Waals surface area contributed by atoms with E-state index in [-0.39, 0.29) is 11.3 Å². The van der Waals surface area contributed by atoms with Crippen LogP contribution in [-0.4, -0.2) is 48.2 Å². The summed E-state index contributed by atoms with van der Waals surface area (Å²) in [5.74, 6) is 0.0922. The molecule has 0 radical (unpaired) electrons. The van der Waals surface area contributed by atoms with Gasteiger partial charge in [-0.2, -0.15) is 0 Å². The van der Waals surface area contributed by atoms with E-state index in [0.29, 0.717) is 26.3 Å². The Kier molecular flexibility index (Phi) is 3.63. The van der Waals surface area contributed by atoms with Gasteiger partial charge in [0, 0.05) is 31.3 Å². The van der Waals surface area contributed by atoms with E-state index in [4.69, 9.17) is 9.73 Å². The molecular weight excluding hydrogens is 298 g/mol. The van der Waals surface area contributed by atoms with Crippen LogP contribution in [0.3, 0.4) is 0 Å². The molecule has 1 saturated heterocycles. The number of nitrogens with one attached hydrogen (secondary N) is 1. The first-order valence-electron chi connectivity index (χ1n) is 7.45. The molecule has 3 heterocycles. The Morgan fingerprint density at radius 3 is 3.00 bits per heavy atom. The lowest BCUT2D eigenvalue weighted by atomic mass is 10.1. The minimum absolute atomic E-state index is 0.0922. The molecule has 1 unspecified atom stereocenters. The number of amides is 1. The molecule has 22 heavy (non-hydrogen) atoms. The van der Waals surface area contributed by atoms with Crippen LogP contribution in [0.25, 0.3) is 0 Å². The second-order valence-electron chi connectivity index (χ2n) is 5.51. The zero-order valence-corrected chi connectivity index (χ0v) is 12.9. The zero-order chi connectivity index (χ0) is 14.9. The molecule has 6 heteroatoms. The van der Waals surface area contributed by atoms with Crippen molar-refractivity contribution in [2.75, 3.05) is 26.3 Å². The molecule has 1 fully saturated rings. The minimum Gasteiger partial charge on any atom is -0.378 e. The lowest BCUT2D eigenvalue weighted by Gasteiger charge is -2.27. The Morgan fingerprint density at radius 1 is 1.36 bits per heavy atom. The van der Waals surface area contributed by atoms with Crippen LogP contribution in [0.5, 0.6) is 0 Å². The van der Waals surface area contributed by atoms with Crippen molar-refractivity contribution in [1.29, 1.82) is 0 Å². The summed E-state index contributed by atoms with van der Waals surface area (Å²) in [7, 11) is 0. The summed E-state index contributed by atoms with van der Waals surface area (Å²) >= 11 is 1.73. The Balaban J connectivity index is 1.51. The second-order valence-corrected chi connectivity index (χ2v) is 6.53. The summed E-state index contributed by atoms with van der Waals surface area (Å²) in [5, 5.41) is 5.56. The molecule has 5 nitrogen and oxygen atoms in total. The fraction of sp³-hybridized carbons (Fsp3) is 0.375. The normalized spacial score (nSPS) is 23.2. The fourth-order valence-corrected chi connectivity index (χ4v) is 3.68. The van der Waals surface area contributed by atoms with Gasteiger partial charge in [-0.25, -0.2) is 0 Å². The first-order valence-corrected chi connectivity index (χ1v) is 8.39. The van der Waals surface area contributed by atoms with E-state index in [1.54, 1.807) is 11.8 Å². The van der Waals surface area contributed by atoms with Crippen molar-refractivity contribution in [2.24, 2.45) is 4.99 Å². The van der Waals surface area contributed by atoms with Crippen LogP contribution in [0.2, 0.25) is 0 Å². The number of hydrogen-bond donors (Lipinski definition) is 1. The van der Waals surface area contributed by atoms with Gasteiger partial charge in [0.25, 0.3) is 5.91 Å². The Bertz CT molecular complexity index is 657. The Morgan fingerprint density at radius 2 is 2.23 bits per heavy atom. The van der Waals surface area contributed by atoms with Crippen molar-refractivity contribution in [3.63, 3.8) is 0 Å². The number of carbonyl (C=O) groups excluding carboxylic acids is 1. The van der Waals surface area contributed by atoms with Crippen molar-refractivity contribution in [1.82, 2.24) is 10.2 Å². The first-order chi connectivity index (χ1) is 10.8. The van der Waals surface area contributed by atoms with Crippen LogP contribution in [0.1, 0.15) is 15.9 Å². The molecule has 0 saturated carbocycles. The predicted octanol–water partition coefficient (Wildman–Crippen LogP) is 1.92. The molecule has 1 amide bonds. The number of hydrogen-bond acceptors (Lipinski definition) is 5. The highest BCUT2D eigenvalue weighted by Gasteiger charge is 2.25. The SMILES string of the molecule is O=C(c1ccc2c(c1)CC(C1NC=CS1)=N2)N1CCOCC1. The minimum atomic E-state index is 0.0922. The highest BCUT2D eigenvalue weighted by Crippen LogP contribution is 2.32. The smallest absolute Gasteiger partial charge is 0.254 e. The fourth-order valence-electron chi connectivity index (χ4n) is 2.92. The highest BCUT2D eigenvalue weighted by atomic mass is 32.2. The van der Waals surface area contributed by atoms with E-state index in [0.717, 1.165) is 28.9 Å². The van der Waals surface area contributed by atoms with Gasteiger partial charge in [0.2, 0.25) is 0 Å². The van der Waals surface area contributed by atoms with Gasteiger partial charge in [0.1, 0.15) is 5.37 Å². The quantitative estimate of drug-likeness (QED) is 0.906. The molecule has 114 valence electrons. The molecular formula is C16H17N3O2S. The van der Waals surface area contributed by atoms with E-state index in [1.807, 2.05) is 34.7 Å². The van der Waals surface area contributed by atoms with Crippen LogP contribution in [0, 0.1) is 0 Å². The summed E-state index contributed by atoms with van der Waals surface area (Å²) in [5.41, 5.74) is 4.01. The molecule has 0 aliphatic carbocycles. The van der Waals surface area contributed by atoms with Crippen molar-refractivity contribution >= 4 is 29.1 Å². The first kappa shape index (κ1) is 13.8. The van der Waals surface area contributed by atoms with Gasteiger partial charge in [0.15, 0.2) is 0 Å². The highest BCUT2D eigenvalue weighted by molar-refractivity contribution is 8.03. The molecule has 0 aromatic heterocycles. The van der Waals surface area contributed by atoms with E-state index in [9.17, 15) is 4.79 Å². The molecule has 1 atom stereocenters. The number of fused-ring (bicyclic) bond motifs is 1. The zero-order valence-electron chi connectivity index (χ0n) is 12.1. The van der Waals surface area contributed by atoms with Crippen LogP contribution < -0.4 is 5.32 Å². The van der Waals surface area contributed by atoms with E-state index in [2.05, 4.69) is 5.32 Å². The van der Waals surface area contributed by atoms with Gasteiger partial charge in [-0.1, -0.05) is 0 Å². The topological polar surface area (TPSA) is 53.9 Å². The third kappa shape index (κ3) is 2.53. The maximum atomic E-state index is 12.5. The van der Waals surface area contributed by atoms with Crippen LogP contribution in [0.15, 0.2) is 34.8 Å². The third-order valence-electron chi connectivity index (χ3n) is 4.09. The van der Waals surface area contributed by atoms with Gasteiger partial charge < -0.3 is 15.0 Å². The molecule has 1 aromatic carbocycles. The van der Waals surface area contributed by atoms with Gasteiger partial charge in [-0.05, 0) is 29.2 Å². The number of benzene rings is 1. The number of rotatable bonds is 2. The average Bonchev–Trinajstić information content (AvgIpc) is 3.23. The number of aliphatic imine (C=N–C) groups is 1. The van der Waals surface area contributed by atoms with Crippen molar-refractivity contribution < 1.29 is 9.53 Å². The lowest BCUT2D eigenvalue weighted by molar-refractivity contribution is 0.0303. The van der Waals surface area contributed by atoms with Crippen molar-refractivity contribution in [3.05, 3.63) is 40.9 Å². The van der Waals surface area contributed by atoms with Gasteiger partial charge in [-0.15, -0.1) is 11.8 Å². The summed E-state index contributed by atoms with van der Waals surface area (Å²) in [6, 6.07) is 5.84. The van der Waals surface area contributed by atoms with E-state index < -0.39 is 0 Å². The number of ether oxygens (including phenoxy) is 1. The van der Waals surface area contributed by atoms with Crippen LogP contribution in [-0.2, 0) is 11.2 Å². The second kappa shape index (κ2) is 5.78. The van der Waals surface area contributed by atoms with E-state index >= 15 is 0 Å². The Hall–Kier alpha value is -1.79. The maximum absolute atomic E-state index is 12.5. The number of thioether (sulfide) groups is 1. The van der Waals surface area contributed by atoms with Gasteiger partial charge in [-0.3, -0.25) is 9.79 Å². The Labute approximate surface area is 133 Å². The lowest BCUT2D eigenvalue weighted by Crippen LogP contribution is -2.40. The molecule has 0 bridgehead atoms. The summed E-state index contributed by atoms with van der Waals surface area (Å²) in [6.45, 7) is 2.60. The molecule has 0 spiro atoms. The number of carbonyl (C=O) groups is 1. The third-order valence-corrected chi connectivity index (χ3v) is 5.07. The monoisotopic (exact) mass is 315 g/mol. The standard InChI is InChI=1S/C16H17N3O2S/c20-16(19-4-6-21-7-5-19)11-1-2-13-12(9-11)10-14(18-13)15-17-3-8-22-15/h1-3,8-9,15,17H,4-7,10H2. The molecule has 3 aliphatic heterocycles. The van der Waals surface area contributed by atoms with Crippen molar-refractivity contribution in [3.8, 4) is 0 Å². The summed E-state index contributed by atoms with van der Waals surface area (Å²) in [6.07, 6.45) is 2.76. The van der Waals surface area contributed by atoms with Gasteiger partial charge in [0.05, 0.1) is 24.6 Å². The van der Waals surface area contributed by atoms with Crippen molar-refractivity contribution in [2.45, 2.75) is 11.8 Å². The molecule has 4 rings (SSSR count). The summed E-state index contributed by atoms with van der Waals surface area (Å²) in [4.78, 5) is 19.1. The molecule has 1 aromatic rings. The van der Waals surface area contributed by atoms with Crippen LogP contribution >= 0.6 is 11.8 Å². The predicted molar refractivity (Wildman–Crippen MR) is 87.6 cm³/mol. The van der Waals surface area contributed by atoms with Gasteiger partial charge >= 0.3 is 0 Å². The largest absolute Gasteiger partial charge is 0.378 e. The molecule has 1 N–H and O–H groups in total.